The molecule has 1 fully saturated rings. The van der Waals surface area contributed by atoms with E-state index in [0.717, 1.165) is 18.8 Å². The monoisotopic (exact) mass is 164 g/mol. The van der Waals surface area contributed by atoms with Gasteiger partial charge in [-0.3, -0.25) is 0 Å². The Balaban J connectivity index is 2.09. The zero-order chi connectivity index (χ0) is 8.81. The van der Waals surface area contributed by atoms with E-state index < -0.39 is 0 Å². The van der Waals surface area contributed by atoms with Crippen molar-refractivity contribution < 1.29 is 5.11 Å². The van der Waals surface area contributed by atoms with Gasteiger partial charge in [0.15, 0.2) is 0 Å². The van der Waals surface area contributed by atoms with E-state index >= 15 is 0 Å². The Hall–Kier alpha value is -0.780. The molecule has 1 N–H and O–H groups in total. The van der Waals surface area contributed by atoms with Crippen molar-refractivity contribution in [3.63, 3.8) is 0 Å². The molecule has 1 heteroatoms. The topological polar surface area (TPSA) is 20.2 Å². The molecule has 1 unspecified atom stereocenters. The predicted molar refractivity (Wildman–Crippen MR) is 50.8 cm³/mol. The Labute approximate surface area is 74.1 Å². The van der Waals surface area contributed by atoms with Crippen LogP contribution in [-0.4, -0.2) is 11.2 Å². The number of rotatable bonds is 5. The lowest BCUT2D eigenvalue weighted by Gasteiger charge is -2.00. The summed E-state index contributed by atoms with van der Waals surface area (Å²) < 4.78 is 0. The minimum absolute atomic E-state index is 0.282. The van der Waals surface area contributed by atoms with Crippen molar-refractivity contribution in [2.75, 3.05) is 0 Å². The third-order valence-electron chi connectivity index (χ3n) is 1.98. The average molecular weight is 164 g/mol. The first kappa shape index (κ1) is 9.31. The van der Waals surface area contributed by atoms with E-state index in [1.54, 1.807) is 0 Å². The van der Waals surface area contributed by atoms with Crippen LogP contribution in [0.3, 0.4) is 0 Å². The molecule has 12 heavy (non-hydrogen) atoms. The lowest BCUT2D eigenvalue weighted by atomic mass is 10.1. The normalized spacial score (nSPS) is 19.1. The van der Waals surface area contributed by atoms with Crippen LogP contribution >= 0.6 is 0 Å². The standard InChI is InChI=1S/C11H16O/c1-2-3-4-5-11(12)9-8-10-6-7-10/h3,8-12H,1,4-7H2/b9-8+. The van der Waals surface area contributed by atoms with Gasteiger partial charge in [0.25, 0.3) is 0 Å². The minimum Gasteiger partial charge on any atom is -0.389 e. The van der Waals surface area contributed by atoms with Gasteiger partial charge in [0.2, 0.25) is 0 Å². The second-order valence-electron chi connectivity index (χ2n) is 3.28. The summed E-state index contributed by atoms with van der Waals surface area (Å²) in [4.78, 5) is 0. The predicted octanol–water partition coefficient (Wildman–Crippen LogP) is 2.43. The molecule has 0 spiro atoms. The first-order valence-corrected chi connectivity index (χ1v) is 4.53. The maximum absolute atomic E-state index is 9.40. The van der Waals surface area contributed by atoms with Crippen molar-refractivity contribution in [3.05, 3.63) is 30.5 Å². The van der Waals surface area contributed by atoms with Gasteiger partial charge in [0.1, 0.15) is 0 Å². The van der Waals surface area contributed by atoms with Crippen LogP contribution in [-0.2, 0) is 0 Å². The van der Waals surface area contributed by atoms with Crippen molar-refractivity contribution in [1.82, 2.24) is 0 Å². The third-order valence-corrected chi connectivity index (χ3v) is 1.98. The Bertz CT molecular complexity index is 195. The van der Waals surface area contributed by atoms with E-state index in [1.807, 2.05) is 12.2 Å². The Morgan fingerprint density at radius 3 is 2.92 bits per heavy atom. The second-order valence-corrected chi connectivity index (χ2v) is 3.28. The first-order valence-electron chi connectivity index (χ1n) is 4.53. The molecule has 1 aliphatic rings. The van der Waals surface area contributed by atoms with Crippen LogP contribution in [0, 0.1) is 5.92 Å². The summed E-state index contributed by atoms with van der Waals surface area (Å²) in [6.45, 7) is 3.46. The van der Waals surface area contributed by atoms with Gasteiger partial charge in [-0.15, -0.1) is 5.73 Å². The van der Waals surface area contributed by atoms with E-state index in [-0.39, 0.29) is 6.10 Å². The number of aliphatic hydroxyl groups is 1. The molecule has 0 aromatic heterocycles. The van der Waals surface area contributed by atoms with Crippen LogP contribution in [0.25, 0.3) is 0 Å². The highest BCUT2D eigenvalue weighted by atomic mass is 16.3. The van der Waals surface area contributed by atoms with Crippen molar-refractivity contribution in [2.24, 2.45) is 5.92 Å². The molecule has 0 aromatic carbocycles. The maximum Gasteiger partial charge on any atom is 0.0724 e. The average Bonchev–Trinajstić information content (AvgIpc) is 2.84. The maximum atomic E-state index is 9.40. The fraction of sp³-hybridized carbons (Fsp3) is 0.545. The molecule has 1 atom stereocenters. The molecular formula is C11H16O. The van der Waals surface area contributed by atoms with Gasteiger partial charge in [-0.1, -0.05) is 18.7 Å². The van der Waals surface area contributed by atoms with Crippen LogP contribution in [0.2, 0.25) is 0 Å². The van der Waals surface area contributed by atoms with Gasteiger partial charge in [0.05, 0.1) is 6.10 Å². The highest BCUT2D eigenvalue weighted by Gasteiger charge is 2.17. The first-order chi connectivity index (χ1) is 5.83. The molecule has 0 aromatic rings. The molecule has 0 heterocycles. The highest BCUT2D eigenvalue weighted by molar-refractivity contribution is 4.99. The molecule has 66 valence electrons. The molecular weight excluding hydrogens is 148 g/mol. The van der Waals surface area contributed by atoms with Crippen LogP contribution in [0.1, 0.15) is 25.7 Å². The quantitative estimate of drug-likeness (QED) is 0.489. The summed E-state index contributed by atoms with van der Waals surface area (Å²) in [7, 11) is 0. The summed E-state index contributed by atoms with van der Waals surface area (Å²) in [5.41, 5.74) is 2.69. The molecule has 0 saturated heterocycles. The van der Waals surface area contributed by atoms with Crippen LogP contribution in [0.5, 0.6) is 0 Å². The van der Waals surface area contributed by atoms with Gasteiger partial charge in [-0.05, 0) is 37.7 Å². The molecule has 1 rings (SSSR count). The molecule has 0 aliphatic heterocycles. The number of hydrogen-bond acceptors (Lipinski definition) is 1. The largest absolute Gasteiger partial charge is 0.389 e. The van der Waals surface area contributed by atoms with Crippen LogP contribution in [0.4, 0.5) is 0 Å². The molecule has 1 saturated carbocycles. The molecule has 0 amide bonds. The van der Waals surface area contributed by atoms with Crippen molar-refractivity contribution in [2.45, 2.75) is 31.8 Å². The van der Waals surface area contributed by atoms with Gasteiger partial charge in [0, 0.05) is 0 Å². The van der Waals surface area contributed by atoms with E-state index in [1.165, 1.54) is 12.8 Å². The zero-order valence-electron chi connectivity index (χ0n) is 7.37. The molecule has 1 aliphatic carbocycles. The summed E-state index contributed by atoms with van der Waals surface area (Å²) >= 11 is 0. The van der Waals surface area contributed by atoms with E-state index in [0.29, 0.717) is 0 Å². The summed E-state index contributed by atoms with van der Waals surface area (Å²) in [6.07, 6.45) is 9.86. The summed E-state index contributed by atoms with van der Waals surface area (Å²) in [5.74, 6) is 0.759. The van der Waals surface area contributed by atoms with Gasteiger partial charge < -0.3 is 5.11 Å². The van der Waals surface area contributed by atoms with Gasteiger partial charge in [-0.25, -0.2) is 0 Å². The Morgan fingerprint density at radius 2 is 2.33 bits per heavy atom. The third kappa shape index (κ3) is 4.17. The SMILES string of the molecule is C=C=CCCC(O)/C=C/C1CC1. The second kappa shape index (κ2) is 4.97. The molecule has 1 nitrogen and oxygen atoms in total. The minimum atomic E-state index is -0.282. The van der Waals surface area contributed by atoms with E-state index in [9.17, 15) is 5.11 Å². The van der Waals surface area contributed by atoms with Crippen LogP contribution in [0.15, 0.2) is 30.5 Å². The zero-order valence-corrected chi connectivity index (χ0v) is 7.37. The lowest BCUT2D eigenvalue weighted by molar-refractivity contribution is 0.213. The highest BCUT2D eigenvalue weighted by Crippen LogP contribution is 2.30. The Kier molecular flexibility index (Phi) is 3.86. The fourth-order valence-corrected chi connectivity index (χ4v) is 1.03. The van der Waals surface area contributed by atoms with Gasteiger partial charge >= 0.3 is 0 Å². The molecule has 0 bridgehead atoms. The van der Waals surface area contributed by atoms with E-state index in [2.05, 4.69) is 18.4 Å². The Morgan fingerprint density at radius 1 is 1.58 bits per heavy atom. The van der Waals surface area contributed by atoms with E-state index in [4.69, 9.17) is 0 Å². The van der Waals surface area contributed by atoms with Crippen LogP contribution < -0.4 is 0 Å². The number of allylic oxidation sites excluding steroid dienone is 2. The summed E-state index contributed by atoms with van der Waals surface area (Å²) in [6, 6.07) is 0. The van der Waals surface area contributed by atoms with Crippen molar-refractivity contribution in [1.29, 1.82) is 0 Å². The smallest absolute Gasteiger partial charge is 0.0724 e. The van der Waals surface area contributed by atoms with Crippen molar-refractivity contribution in [3.8, 4) is 0 Å². The fourth-order valence-electron chi connectivity index (χ4n) is 1.03. The number of aliphatic hydroxyl groups excluding tert-OH is 1. The number of hydrogen-bond donors (Lipinski definition) is 1. The van der Waals surface area contributed by atoms with Gasteiger partial charge in [-0.2, -0.15) is 0 Å². The molecule has 0 radical (unpaired) electrons. The van der Waals surface area contributed by atoms with Crippen molar-refractivity contribution >= 4 is 0 Å². The lowest BCUT2D eigenvalue weighted by Crippen LogP contribution is -2.00. The summed E-state index contributed by atoms with van der Waals surface area (Å²) in [5, 5.41) is 9.40.